The minimum atomic E-state index is 1.15. The van der Waals surface area contributed by atoms with E-state index in [0.29, 0.717) is 0 Å². The van der Waals surface area contributed by atoms with Gasteiger partial charge in [0, 0.05) is 45.9 Å². The van der Waals surface area contributed by atoms with Crippen LogP contribution in [0.2, 0.25) is 0 Å². The number of rotatable bonds is 3. The summed E-state index contributed by atoms with van der Waals surface area (Å²) >= 11 is 0. The van der Waals surface area contributed by atoms with Crippen LogP contribution in [0.4, 0.5) is 17.1 Å². The van der Waals surface area contributed by atoms with Gasteiger partial charge in [-0.3, -0.25) is 0 Å². The molecule has 1 heterocycles. The van der Waals surface area contributed by atoms with Gasteiger partial charge in [-0.05, 0) is 59.3 Å². The SMILES string of the molecule is Cn1c2ccc(N(c3ccccc3)c3ccccc3)cc2c2c3ccccc3ccc21. The molecule has 0 aliphatic carbocycles. The third kappa shape index (κ3) is 2.80. The molecule has 0 N–H and O–H groups in total. The zero-order chi connectivity index (χ0) is 20.8. The second-order valence-electron chi connectivity index (χ2n) is 7.95. The monoisotopic (exact) mass is 398 g/mol. The average molecular weight is 399 g/mol. The van der Waals surface area contributed by atoms with E-state index in [-0.39, 0.29) is 0 Å². The Morgan fingerprint density at radius 1 is 0.516 bits per heavy atom. The first-order chi connectivity index (χ1) is 15.3. The lowest BCUT2D eigenvalue weighted by atomic mass is 10.0. The lowest BCUT2D eigenvalue weighted by Gasteiger charge is -2.25. The summed E-state index contributed by atoms with van der Waals surface area (Å²) in [6, 6.07) is 41.1. The molecule has 0 fully saturated rings. The van der Waals surface area contributed by atoms with Crippen molar-refractivity contribution in [3.8, 4) is 0 Å². The van der Waals surface area contributed by atoms with Crippen LogP contribution in [0.1, 0.15) is 0 Å². The van der Waals surface area contributed by atoms with Crippen molar-refractivity contribution in [3.05, 3.63) is 115 Å². The van der Waals surface area contributed by atoms with Gasteiger partial charge >= 0.3 is 0 Å². The molecule has 0 aliphatic heterocycles. The van der Waals surface area contributed by atoms with Crippen molar-refractivity contribution in [3.63, 3.8) is 0 Å². The molecule has 0 bridgehead atoms. The maximum Gasteiger partial charge on any atom is 0.0495 e. The molecule has 0 spiro atoms. The van der Waals surface area contributed by atoms with E-state index in [9.17, 15) is 0 Å². The number of hydrogen-bond donors (Lipinski definition) is 0. The fraction of sp³-hybridized carbons (Fsp3) is 0.0345. The smallest absolute Gasteiger partial charge is 0.0495 e. The topological polar surface area (TPSA) is 8.17 Å². The summed E-state index contributed by atoms with van der Waals surface area (Å²) in [5, 5.41) is 5.17. The lowest BCUT2D eigenvalue weighted by Crippen LogP contribution is -2.09. The third-order valence-corrected chi connectivity index (χ3v) is 6.17. The van der Waals surface area contributed by atoms with Crippen molar-refractivity contribution in [2.24, 2.45) is 7.05 Å². The molecule has 2 heteroatoms. The van der Waals surface area contributed by atoms with Crippen LogP contribution in [0.25, 0.3) is 32.6 Å². The van der Waals surface area contributed by atoms with Crippen LogP contribution in [-0.2, 0) is 7.05 Å². The van der Waals surface area contributed by atoms with Gasteiger partial charge in [0.1, 0.15) is 0 Å². The average Bonchev–Trinajstić information content (AvgIpc) is 3.12. The van der Waals surface area contributed by atoms with E-state index in [4.69, 9.17) is 0 Å². The Bertz CT molecular complexity index is 1490. The van der Waals surface area contributed by atoms with Crippen LogP contribution >= 0.6 is 0 Å². The first-order valence-corrected chi connectivity index (χ1v) is 10.6. The summed E-state index contributed by atoms with van der Waals surface area (Å²) in [6.45, 7) is 0. The Hall–Kier alpha value is -4.04. The molecule has 0 saturated carbocycles. The van der Waals surface area contributed by atoms with Crippen molar-refractivity contribution < 1.29 is 0 Å². The normalized spacial score (nSPS) is 11.4. The number of hydrogen-bond acceptors (Lipinski definition) is 1. The largest absolute Gasteiger partial charge is 0.344 e. The van der Waals surface area contributed by atoms with Crippen LogP contribution in [0, 0.1) is 0 Å². The molecule has 0 saturated heterocycles. The Morgan fingerprint density at radius 2 is 1.13 bits per heavy atom. The fourth-order valence-corrected chi connectivity index (χ4v) is 4.71. The van der Waals surface area contributed by atoms with Gasteiger partial charge in [-0.15, -0.1) is 0 Å². The zero-order valence-electron chi connectivity index (χ0n) is 17.4. The Labute approximate surface area is 181 Å². The molecule has 0 amide bonds. The molecule has 1 aromatic heterocycles. The first-order valence-electron chi connectivity index (χ1n) is 10.6. The Balaban J connectivity index is 1.67. The third-order valence-electron chi connectivity index (χ3n) is 6.17. The van der Waals surface area contributed by atoms with Crippen molar-refractivity contribution >= 4 is 49.6 Å². The number of aromatic nitrogens is 1. The number of benzene rings is 5. The molecule has 0 radical (unpaired) electrons. The lowest BCUT2D eigenvalue weighted by molar-refractivity contribution is 1.01. The highest BCUT2D eigenvalue weighted by Crippen LogP contribution is 2.39. The van der Waals surface area contributed by atoms with Crippen LogP contribution in [0.3, 0.4) is 0 Å². The van der Waals surface area contributed by atoms with Gasteiger partial charge in [-0.1, -0.05) is 66.7 Å². The zero-order valence-corrected chi connectivity index (χ0v) is 17.4. The predicted octanol–water partition coefficient (Wildman–Crippen LogP) is 7.95. The van der Waals surface area contributed by atoms with Gasteiger partial charge < -0.3 is 9.47 Å². The van der Waals surface area contributed by atoms with Crippen LogP contribution in [0.15, 0.2) is 115 Å². The summed E-state index contributed by atoms with van der Waals surface area (Å²) < 4.78 is 2.30. The first kappa shape index (κ1) is 17.8. The number of para-hydroxylation sites is 2. The standard InChI is InChI=1S/C29H22N2/c1-30-27-19-17-24(31(22-11-4-2-5-12-22)23-13-6-3-7-14-23)20-26(27)29-25-15-9-8-10-21(25)16-18-28(29)30/h2-20H,1H3. The summed E-state index contributed by atoms with van der Waals surface area (Å²) in [5.74, 6) is 0. The van der Waals surface area contributed by atoms with E-state index in [1.165, 1.54) is 32.6 Å². The highest BCUT2D eigenvalue weighted by Gasteiger charge is 2.16. The summed E-state index contributed by atoms with van der Waals surface area (Å²) in [5.41, 5.74) is 5.97. The van der Waals surface area contributed by atoms with Crippen molar-refractivity contribution in [2.75, 3.05) is 4.90 Å². The van der Waals surface area contributed by atoms with Crippen molar-refractivity contribution in [2.45, 2.75) is 0 Å². The van der Waals surface area contributed by atoms with Gasteiger partial charge in [-0.25, -0.2) is 0 Å². The van der Waals surface area contributed by atoms with Crippen molar-refractivity contribution in [1.82, 2.24) is 4.57 Å². The van der Waals surface area contributed by atoms with Crippen LogP contribution in [-0.4, -0.2) is 4.57 Å². The quantitative estimate of drug-likeness (QED) is 0.293. The van der Waals surface area contributed by atoms with Crippen molar-refractivity contribution in [1.29, 1.82) is 0 Å². The van der Waals surface area contributed by atoms with E-state index in [1.54, 1.807) is 0 Å². The molecule has 0 aliphatic rings. The van der Waals surface area contributed by atoms with Gasteiger partial charge in [0.05, 0.1) is 0 Å². The highest BCUT2D eigenvalue weighted by atomic mass is 15.1. The number of nitrogens with zero attached hydrogens (tertiary/aromatic N) is 2. The van der Waals surface area contributed by atoms with Gasteiger partial charge in [0.25, 0.3) is 0 Å². The second kappa shape index (κ2) is 7.03. The van der Waals surface area contributed by atoms with Gasteiger partial charge in [0.15, 0.2) is 0 Å². The molecule has 0 atom stereocenters. The Morgan fingerprint density at radius 3 is 1.84 bits per heavy atom. The molecule has 6 rings (SSSR count). The van der Waals surface area contributed by atoms with E-state index in [2.05, 4.69) is 132 Å². The Kier molecular flexibility index (Phi) is 4.03. The van der Waals surface area contributed by atoms with E-state index in [1.807, 2.05) is 0 Å². The molecule has 148 valence electrons. The number of anilines is 3. The minimum Gasteiger partial charge on any atom is -0.344 e. The molecule has 0 unspecified atom stereocenters. The molecule has 31 heavy (non-hydrogen) atoms. The van der Waals surface area contributed by atoms with Gasteiger partial charge in [0.2, 0.25) is 0 Å². The number of aryl methyl sites for hydroxylation is 1. The molecular formula is C29H22N2. The maximum atomic E-state index is 2.34. The van der Waals surface area contributed by atoms with Crippen LogP contribution < -0.4 is 4.90 Å². The van der Waals surface area contributed by atoms with Crippen LogP contribution in [0.5, 0.6) is 0 Å². The highest BCUT2D eigenvalue weighted by molar-refractivity contribution is 6.21. The minimum absolute atomic E-state index is 1.15. The predicted molar refractivity (Wildman–Crippen MR) is 133 cm³/mol. The maximum absolute atomic E-state index is 2.34. The molecular weight excluding hydrogens is 376 g/mol. The summed E-state index contributed by atoms with van der Waals surface area (Å²) in [7, 11) is 2.16. The molecule has 6 aromatic rings. The molecule has 5 aromatic carbocycles. The fourth-order valence-electron chi connectivity index (χ4n) is 4.71. The van der Waals surface area contributed by atoms with E-state index < -0.39 is 0 Å². The molecule has 2 nitrogen and oxygen atoms in total. The summed E-state index contributed by atoms with van der Waals surface area (Å²) in [4.78, 5) is 2.32. The number of fused-ring (bicyclic) bond motifs is 5. The second-order valence-corrected chi connectivity index (χ2v) is 7.95. The van der Waals surface area contributed by atoms with E-state index in [0.717, 1.165) is 17.1 Å². The summed E-state index contributed by atoms with van der Waals surface area (Å²) in [6.07, 6.45) is 0. The van der Waals surface area contributed by atoms with E-state index >= 15 is 0 Å². The van der Waals surface area contributed by atoms with Gasteiger partial charge in [-0.2, -0.15) is 0 Å².